The van der Waals surface area contributed by atoms with E-state index in [0.717, 1.165) is 0 Å². The van der Waals surface area contributed by atoms with Crippen LogP contribution in [0.1, 0.15) is 11.9 Å². The van der Waals surface area contributed by atoms with E-state index in [1.165, 1.54) is 10.6 Å². The van der Waals surface area contributed by atoms with E-state index in [1.54, 1.807) is 41.5 Å². The zero-order chi connectivity index (χ0) is 17.4. The number of nitro groups is 1. The Hall–Kier alpha value is -3.20. The van der Waals surface area contributed by atoms with E-state index in [9.17, 15) is 14.9 Å². The predicted octanol–water partition coefficient (Wildman–Crippen LogP) is 1.77. The first kappa shape index (κ1) is 15.3. The highest BCUT2D eigenvalue weighted by Crippen LogP contribution is 2.29. The third-order valence-electron chi connectivity index (χ3n) is 4.10. The molecule has 1 aliphatic heterocycles. The maximum absolute atomic E-state index is 12.5. The van der Waals surface area contributed by atoms with Crippen LogP contribution in [0.5, 0.6) is 0 Å². The van der Waals surface area contributed by atoms with Gasteiger partial charge in [0.25, 0.3) is 0 Å². The van der Waals surface area contributed by atoms with Gasteiger partial charge in [0.05, 0.1) is 24.3 Å². The second kappa shape index (κ2) is 6.02. The molecule has 3 aromatic rings. The third-order valence-corrected chi connectivity index (χ3v) is 4.10. The lowest BCUT2D eigenvalue weighted by molar-refractivity contribution is -0.385. The summed E-state index contributed by atoms with van der Waals surface area (Å²) in [5, 5.41) is 11.5. The molecule has 4 rings (SSSR count). The molecule has 1 unspecified atom stereocenters. The van der Waals surface area contributed by atoms with Crippen LogP contribution >= 0.6 is 0 Å². The number of hydrogen-bond acceptors (Lipinski definition) is 7. The first-order chi connectivity index (χ1) is 12.1. The molecule has 0 spiro atoms. The molecular formula is C16H14N4O5. The predicted molar refractivity (Wildman–Crippen MR) is 87.7 cm³/mol. The summed E-state index contributed by atoms with van der Waals surface area (Å²) in [6.45, 7) is 1.05. The molecule has 1 fully saturated rings. The Morgan fingerprint density at radius 2 is 2.16 bits per heavy atom. The molecule has 0 aromatic carbocycles. The molecule has 1 saturated heterocycles. The van der Waals surface area contributed by atoms with Crippen LogP contribution in [0, 0.1) is 10.1 Å². The molecule has 9 nitrogen and oxygen atoms in total. The van der Waals surface area contributed by atoms with Crippen molar-refractivity contribution < 1.29 is 14.1 Å². The van der Waals surface area contributed by atoms with Crippen molar-refractivity contribution in [1.29, 1.82) is 0 Å². The number of fused-ring (bicyclic) bond motifs is 1. The number of furan rings is 1. The van der Waals surface area contributed by atoms with Crippen molar-refractivity contribution in [2.24, 2.45) is 0 Å². The molecule has 9 heteroatoms. The van der Waals surface area contributed by atoms with Crippen LogP contribution < -0.4 is 10.5 Å². The Labute approximate surface area is 141 Å². The minimum absolute atomic E-state index is 0.0565. The summed E-state index contributed by atoms with van der Waals surface area (Å²) < 4.78 is 12.2. The van der Waals surface area contributed by atoms with Crippen LogP contribution in [0.25, 0.3) is 5.65 Å². The Morgan fingerprint density at radius 1 is 1.28 bits per heavy atom. The molecule has 3 aromatic heterocycles. The van der Waals surface area contributed by atoms with Crippen molar-refractivity contribution in [2.75, 3.05) is 24.6 Å². The highest BCUT2D eigenvalue weighted by molar-refractivity contribution is 5.61. The molecule has 4 heterocycles. The van der Waals surface area contributed by atoms with Gasteiger partial charge < -0.3 is 14.1 Å². The Kier molecular flexibility index (Phi) is 3.69. The van der Waals surface area contributed by atoms with Gasteiger partial charge in [0.2, 0.25) is 5.82 Å². The van der Waals surface area contributed by atoms with E-state index in [0.29, 0.717) is 31.1 Å². The second-order valence-corrected chi connectivity index (χ2v) is 5.60. The van der Waals surface area contributed by atoms with Gasteiger partial charge in [0.1, 0.15) is 17.5 Å². The molecule has 1 atom stereocenters. The van der Waals surface area contributed by atoms with Gasteiger partial charge in [0, 0.05) is 12.7 Å². The normalized spacial score (nSPS) is 17.8. The number of rotatable bonds is 3. The maximum Gasteiger partial charge on any atom is 0.376 e. The molecular weight excluding hydrogens is 328 g/mol. The van der Waals surface area contributed by atoms with Crippen LogP contribution in [-0.4, -0.2) is 34.0 Å². The fourth-order valence-electron chi connectivity index (χ4n) is 2.94. The molecule has 0 bridgehead atoms. The topological polar surface area (TPSA) is 103 Å². The van der Waals surface area contributed by atoms with E-state index >= 15 is 0 Å². The average Bonchev–Trinajstić information content (AvgIpc) is 3.16. The van der Waals surface area contributed by atoms with Crippen molar-refractivity contribution in [3.63, 3.8) is 0 Å². The largest absolute Gasteiger partial charge is 0.467 e. The van der Waals surface area contributed by atoms with Gasteiger partial charge in [-0.05, 0) is 24.3 Å². The summed E-state index contributed by atoms with van der Waals surface area (Å²) in [4.78, 5) is 29.4. The van der Waals surface area contributed by atoms with Crippen molar-refractivity contribution in [2.45, 2.75) is 6.10 Å². The van der Waals surface area contributed by atoms with Gasteiger partial charge in [-0.25, -0.2) is 4.98 Å². The Balaban J connectivity index is 1.81. The van der Waals surface area contributed by atoms with Gasteiger partial charge in [-0.3, -0.25) is 19.3 Å². The Bertz CT molecular complexity index is 982. The first-order valence-corrected chi connectivity index (χ1v) is 7.71. The van der Waals surface area contributed by atoms with Crippen molar-refractivity contribution >= 4 is 17.2 Å². The molecule has 0 N–H and O–H groups in total. The van der Waals surface area contributed by atoms with Gasteiger partial charge in [-0.1, -0.05) is 6.07 Å². The molecule has 25 heavy (non-hydrogen) atoms. The summed E-state index contributed by atoms with van der Waals surface area (Å²) in [6.07, 6.45) is 2.63. The molecule has 0 aliphatic carbocycles. The zero-order valence-corrected chi connectivity index (χ0v) is 13.1. The fraction of sp³-hybridized carbons (Fsp3) is 0.250. The molecule has 0 amide bonds. The van der Waals surface area contributed by atoms with Gasteiger partial charge >= 0.3 is 11.2 Å². The third kappa shape index (κ3) is 2.64. The molecule has 128 valence electrons. The zero-order valence-electron chi connectivity index (χ0n) is 13.1. The van der Waals surface area contributed by atoms with Crippen LogP contribution in [0.2, 0.25) is 0 Å². The number of morpholine rings is 1. The minimum Gasteiger partial charge on any atom is -0.467 e. The SMILES string of the molecule is O=c1c([N+](=O)[O-])c(N2CCOC(c3ccco3)C2)nc2ccccn12. The monoisotopic (exact) mass is 342 g/mol. The molecule has 0 radical (unpaired) electrons. The van der Waals surface area contributed by atoms with E-state index in [2.05, 4.69) is 4.98 Å². The van der Waals surface area contributed by atoms with Gasteiger partial charge in [-0.2, -0.15) is 0 Å². The lowest BCUT2D eigenvalue weighted by atomic mass is 10.2. The summed E-state index contributed by atoms with van der Waals surface area (Å²) in [5.74, 6) is 0.686. The first-order valence-electron chi connectivity index (χ1n) is 7.71. The summed E-state index contributed by atoms with van der Waals surface area (Å²) in [7, 11) is 0. The molecule has 1 aliphatic rings. The smallest absolute Gasteiger partial charge is 0.376 e. The number of anilines is 1. The number of hydrogen-bond donors (Lipinski definition) is 0. The van der Waals surface area contributed by atoms with Crippen molar-refractivity contribution in [1.82, 2.24) is 9.38 Å². The van der Waals surface area contributed by atoms with Crippen LogP contribution in [0.4, 0.5) is 11.5 Å². The van der Waals surface area contributed by atoms with Crippen LogP contribution in [0.3, 0.4) is 0 Å². The highest BCUT2D eigenvalue weighted by Gasteiger charge is 2.32. The standard InChI is InChI=1S/C16H14N4O5/c21-16-14(20(22)23)15(17-13-5-1-2-6-19(13)16)18-7-9-25-12(10-18)11-4-3-8-24-11/h1-6,8,12H,7,9-10H2. The summed E-state index contributed by atoms with van der Waals surface area (Å²) in [6, 6.07) is 8.52. The number of pyridine rings is 1. The van der Waals surface area contributed by atoms with E-state index < -0.39 is 16.2 Å². The average molecular weight is 342 g/mol. The van der Waals surface area contributed by atoms with Gasteiger partial charge in [-0.15, -0.1) is 0 Å². The lowest BCUT2D eigenvalue weighted by Crippen LogP contribution is -2.40. The van der Waals surface area contributed by atoms with E-state index in [4.69, 9.17) is 9.15 Å². The van der Waals surface area contributed by atoms with E-state index in [-0.39, 0.29) is 11.9 Å². The highest BCUT2D eigenvalue weighted by atomic mass is 16.6. The lowest BCUT2D eigenvalue weighted by Gasteiger charge is -2.32. The Morgan fingerprint density at radius 3 is 2.92 bits per heavy atom. The number of aromatic nitrogens is 2. The maximum atomic E-state index is 12.5. The van der Waals surface area contributed by atoms with Crippen molar-refractivity contribution in [3.05, 3.63) is 69.0 Å². The van der Waals surface area contributed by atoms with Crippen LogP contribution in [-0.2, 0) is 4.74 Å². The number of nitrogens with zero attached hydrogens (tertiary/aromatic N) is 4. The van der Waals surface area contributed by atoms with Crippen molar-refractivity contribution in [3.8, 4) is 0 Å². The fourth-order valence-corrected chi connectivity index (χ4v) is 2.94. The van der Waals surface area contributed by atoms with Crippen LogP contribution in [0.15, 0.2) is 52.0 Å². The van der Waals surface area contributed by atoms with E-state index in [1.807, 2.05) is 0 Å². The quantitative estimate of drug-likeness (QED) is 0.528. The number of ether oxygens (including phenoxy) is 1. The minimum atomic E-state index is -0.702. The summed E-state index contributed by atoms with van der Waals surface area (Å²) in [5.41, 5.74) is -0.885. The molecule has 0 saturated carbocycles. The summed E-state index contributed by atoms with van der Waals surface area (Å²) >= 11 is 0. The second-order valence-electron chi connectivity index (χ2n) is 5.60. The van der Waals surface area contributed by atoms with Gasteiger partial charge in [0.15, 0.2) is 0 Å².